The summed E-state index contributed by atoms with van der Waals surface area (Å²) in [5.74, 6) is -0.554. The van der Waals surface area contributed by atoms with Crippen LogP contribution in [0.3, 0.4) is 0 Å². The van der Waals surface area contributed by atoms with Crippen molar-refractivity contribution in [1.82, 2.24) is 19.4 Å². The molecule has 104 valence electrons. The first-order valence-electron chi connectivity index (χ1n) is 5.44. The van der Waals surface area contributed by atoms with Crippen molar-refractivity contribution in [3.8, 4) is 0 Å². The van der Waals surface area contributed by atoms with E-state index in [9.17, 15) is 13.2 Å². The van der Waals surface area contributed by atoms with Crippen molar-refractivity contribution in [3.63, 3.8) is 0 Å². The van der Waals surface area contributed by atoms with Gasteiger partial charge in [0.05, 0.1) is 10.4 Å². The number of hydrogen-bond donors (Lipinski definition) is 1. The number of rotatable bonds is 3. The molecule has 0 amide bonds. The van der Waals surface area contributed by atoms with Crippen LogP contribution < -0.4 is 10.6 Å². The molecule has 0 radical (unpaired) electrons. The van der Waals surface area contributed by atoms with Crippen molar-refractivity contribution in [2.75, 3.05) is 4.83 Å². The third-order valence-corrected chi connectivity index (χ3v) is 4.04. The van der Waals surface area contributed by atoms with Crippen molar-refractivity contribution in [3.05, 3.63) is 41.4 Å². The van der Waals surface area contributed by atoms with Crippen LogP contribution in [0.4, 0.5) is 0 Å². The normalized spacial score (nSPS) is 11.8. The van der Waals surface area contributed by atoms with Gasteiger partial charge in [-0.3, -0.25) is 4.57 Å². The first-order chi connectivity index (χ1) is 9.47. The van der Waals surface area contributed by atoms with Gasteiger partial charge < -0.3 is 4.42 Å². The zero-order valence-corrected chi connectivity index (χ0v) is 11.0. The van der Waals surface area contributed by atoms with Crippen LogP contribution >= 0.6 is 0 Å². The van der Waals surface area contributed by atoms with Gasteiger partial charge in [-0.1, -0.05) is 0 Å². The zero-order valence-electron chi connectivity index (χ0n) is 10.2. The molecule has 3 aromatic rings. The van der Waals surface area contributed by atoms with Crippen molar-refractivity contribution in [2.45, 2.75) is 4.90 Å². The van der Waals surface area contributed by atoms with Crippen LogP contribution in [-0.4, -0.2) is 27.9 Å². The summed E-state index contributed by atoms with van der Waals surface area (Å²) < 4.78 is 31.6. The van der Waals surface area contributed by atoms with Gasteiger partial charge in [-0.15, -0.1) is 10.2 Å². The lowest BCUT2D eigenvalue weighted by molar-refractivity contribution is 0.527. The highest BCUT2D eigenvalue weighted by Gasteiger charge is 2.17. The third kappa shape index (κ3) is 1.95. The van der Waals surface area contributed by atoms with Crippen LogP contribution in [0.5, 0.6) is 0 Å². The SMILES string of the molecule is Cn1c(=O)oc2cc(S(=O)(=O)Nn3cnnc3)ccc21. The Hall–Kier alpha value is -2.62. The summed E-state index contributed by atoms with van der Waals surface area (Å²) in [5, 5.41) is 6.98. The summed E-state index contributed by atoms with van der Waals surface area (Å²) in [6.07, 6.45) is 2.41. The Kier molecular flexibility index (Phi) is 2.61. The largest absolute Gasteiger partial charge is 0.419 e. The molecule has 0 aliphatic carbocycles. The quantitative estimate of drug-likeness (QED) is 0.707. The molecule has 0 atom stereocenters. The van der Waals surface area contributed by atoms with Gasteiger partial charge in [0.2, 0.25) is 0 Å². The van der Waals surface area contributed by atoms with E-state index in [0.717, 1.165) is 4.68 Å². The smallest absolute Gasteiger partial charge is 0.408 e. The topological polar surface area (TPSA) is 112 Å². The minimum atomic E-state index is -3.82. The van der Waals surface area contributed by atoms with E-state index in [1.54, 1.807) is 0 Å². The molecule has 20 heavy (non-hydrogen) atoms. The van der Waals surface area contributed by atoms with E-state index in [1.165, 1.54) is 42.5 Å². The van der Waals surface area contributed by atoms with Crippen LogP contribution in [0.2, 0.25) is 0 Å². The molecule has 2 heterocycles. The van der Waals surface area contributed by atoms with E-state index in [-0.39, 0.29) is 10.5 Å². The summed E-state index contributed by atoms with van der Waals surface area (Å²) in [7, 11) is -2.28. The Morgan fingerprint density at radius 3 is 2.65 bits per heavy atom. The Bertz CT molecular complexity index is 922. The molecular formula is C10H9N5O4S. The molecule has 0 bridgehead atoms. The molecular weight excluding hydrogens is 286 g/mol. The first kappa shape index (κ1) is 12.4. The van der Waals surface area contributed by atoms with Crippen LogP contribution in [0, 0.1) is 0 Å². The molecule has 10 heteroatoms. The highest BCUT2D eigenvalue weighted by molar-refractivity contribution is 7.92. The number of benzene rings is 1. The Balaban J connectivity index is 2.07. The molecule has 1 aromatic carbocycles. The maximum Gasteiger partial charge on any atom is 0.419 e. The molecule has 0 aliphatic heterocycles. The summed E-state index contributed by atoms with van der Waals surface area (Å²) >= 11 is 0. The fourth-order valence-corrected chi connectivity index (χ4v) is 2.71. The Morgan fingerprint density at radius 2 is 1.95 bits per heavy atom. The van der Waals surface area contributed by atoms with E-state index in [0.29, 0.717) is 5.52 Å². The van der Waals surface area contributed by atoms with Crippen molar-refractivity contribution >= 4 is 21.1 Å². The van der Waals surface area contributed by atoms with Crippen LogP contribution in [0.15, 0.2) is 45.0 Å². The predicted octanol–water partition coefficient (Wildman–Crippen LogP) is -0.345. The molecule has 0 spiro atoms. The van der Waals surface area contributed by atoms with Gasteiger partial charge >= 0.3 is 5.76 Å². The molecule has 9 nitrogen and oxygen atoms in total. The van der Waals surface area contributed by atoms with Crippen LogP contribution in [0.25, 0.3) is 11.1 Å². The second kappa shape index (κ2) is 4.20. The highest BCUT2D eigenvalue weighted by atomic mass is 32.2. The van der Waals surface area contributed by atoms with Gasteiger partial charge in [0.25, 0.3) is 10.0 Å². The number of aryl methyl sites for hydroxylation is 1. The number of fused-ring (bicyclic) bond motifs is 1. The standard InChI is InChI=1S/C10H9N5O4S/c1-14-8-3-2-7(4-9(8)19-10(14)16)20(17,18)13-15-5-11-12-6-15/h2-6,13H,1H3. The van der Waals surface area contributed by atoms with E-state index in [2.05, 4.69) is 15.0 Å². The minimum absolute atomic E-state index is 0.0342. The molecule has 2 aromatic heterocycles. The van der Waals surface area contributed by atoms with Gasteiger partial charge in [-0.05, 0) is 12.1 Å². The monoisotopic (exact) mass is 295 g/mol. The summed E-state index contributed by atoms with van der Waals surface area (Å²) in [4.78, 5) is 13.6. The Labute approximate surface area is 112 Å². The molecule has 3 rings (SSSR count). The summed E-state index contributed by atoms with van der Waals surface area (Å²) in [6, 6.07) is 4.16. The summed E-state index contributed by atoms with van der Waals surface area (Å²) in [6.45, 7) is 0. The molecule has 0 saturated carbocycles. The molecule has 0 fully saturated rings. The molecule has 0 aliphatic rings. The second-order valence-electron chi connectivity index (χ2n) is 4.02. The van der Waals surface area contributed by atoms with E-state index < -0.39 is 15.8 Å². The third-order valence-electron chi connectivity index (χ3n) is 2.72. The second-order valence-corrected chi connectivity index (χ2v) is 5.68. The lowest BCUT2D eigenvalue weighted by Crippen LogP contribution is -2.21. The van der Waals surface area contributed by atoms with Crippen molar-refractivity contribution < 1.29 is 12.8 Å². The van der Waals surface area contributed by atoms with Gasteiger partial charge in [0.1, 0.15) is 12.7 Å². The lowest BCUT2D eigenvalue weighted by Gasteiger charge is -2.07. The van der Waals surface area contributed by atoms with Crippen molar-refractivity contribution in [1.29, 1.82) is 0 Å². The Morgan fingerprint density at radius 1 is 1.25 bits per heavy atom. The maximum atomic E-state index is 12.1. The van der Waals surface area contributed by atoms with Crippen LogP contribution in [0.1, 0.15) is 0 Å². The minimum Gasteiger partial charge on any atom is -0.408 e. The van der Waals surface area contributed by atoms with Crippen molar-refractivity contribution in [2.24, 2.45) is 7.05 Å². The van der Waals surface area contributed by atoms with Gasteiger partial charge in [0, 0.05) is 13.1 Å². The van der Waals surface area contributed by atoms with E-state index in [4.69, 9.17) is 4.42 Å². The maximum absolute atomic E-state index is 12.1. The number of sulfonamides is 1. The average molecular weight is 295 g/mol. The van der Waals surface area contributed by atoms with Gasteiger partial charge in [0.15, 0.2) is 5.58 Å². The van der Waals surface area contributed by atoms with Gasteiger partial charge in [-0.25, -0.2) is 14.3 Å². The number of nitrogens with one attached hydrogen (secondary N) is 1. The lowest BCUT2D eigenvalue weighted by atomic mass is 10.3. The predicted molar refractivity (Wildman–Crippen MR) is 68.0 cm³/mol. The van der Waals surface area contributed by atoms with E-state index in [1.807, 2.05) is 0 Å². The average Bonchev–Trinajstić information content (AvgIpc) is 2.98. The summed E-state index contributed by atoms with van der Waals surface area (Å²) in [5.41, 5.74) is 0.711. The fourth-order valence-electron chi connectivity index (χ4n) is 1.72. The number of hydrogen-bond acceptors (Lipinski definition) is 6. The molecule has 1 N–H and O–H groups in total. The van der Waals surface area contributed by atoms with E-state index >= 15 is 0 Å². The number of aromatic nitrogens is 4. The number of oxazole rings is 1. The zero-order chi connectivity index (χ0) is 14.3. The molecule has 0 saturated heterocycles. The highest BCUT2D eigenvalue weighted by Crippen LogP contribution is 2.18. The number of nitrogens with zero attached hydrogens (tertiary/aromatic N) is 4. The fraction of sp³-hybridized carbons (Fsp3) is 0.100. The van der Waals surface area contributed by atoms with Gasteiger partial charge in [-0.2, -0.15) is 8.42 Å². The first-order valence-corrected chi connectivity index (χ1v) is 6.93. The van der Waals surface area contributed by atoms with Crippen LogP contribution in [-0.2, 0) is 17.1 Å². The molecule has 0 unspecified atom stereocenters.